The van der Waals surface area contributed by atoms with Crippen LogP contribution in [0, 0.1) is 5.82 Å². The van der Waals surface area contributed by atoms with Crippen LogP contribution in [0.1, 0.15) is 16.1 Å². The van der Waals surface area contributed by atoms with Crippen molar-refractivity contribution in [2.24, 2.45) is 0 Å². The first-order valence-electron chi connectivity index (χ1n) is 9.30. The molecule has 138 valence electrons. The number of pyridine rings is 1. The van der Waals surface area contributed by atoms with Crippen LogP contribution in [0.5, 0.6) is 0 Å². The van der Waals surface area contributed by atoms with Gasteiger partial charge in [-0.15, -0.1) is 0 Å². The van der Waals surface area contributed by atoms with Gasteiger partial charge in [-0.25, -0.2) is 4.39 Å². The molecule has 5 heteroatoms. The van der Waals surface area contributed by atoms with Crippen molar-refractivity contribution in [3.05, 3.63) is 77.9 Å². The monoisotopic (exact) mass is 363 g/mol. The Kier molecular flexibility index (Phi) is 5.12. The highest BCUT2D eigenvalue weighted by atomic mass is 19.1. The highest BCUT2D eigenvalue weighted by molar-refractivity contribution is 5.96. The summed E-state index contributed by atoms with van der Waals surface area (Å²) in [7, 11) is 0. The zero-order valence-electron chi connectivity index (χ0n) is 15.1. The van der Waals surface area contributed by atoms with E-state index >= 15 is 0 Å². The first-order chi connectivity index (χ1) is 13.2. The number of aromatic nitrogens is 1. The van der Waals surface area contributed by atoms with Crippen molar-refractivity contribution < 1.29 is 9.18 Å². The predicted octanol–water partition coefficient (Wildman–Crippen LogP) is 3.37. The van der Waals surface area contributed by atoms with Crippen molar-refractivity contribution in [1.29, 1.82) is 0 Å². The van der Waals surface area contributed by atoms with Gasteiger partial charge in [0.15, 0.2) is 0 Å². The van der Waals surface area contributed by atoms with E-state index in [0.29, 0.717) is 18.8 Å². The van der Waals surface area contributed by atoms with E-state index in [4.69, 9.17) is 0 Å². The Morgan fingerprint density at radius 2 is 1.67 bits per heavy atom. The predicted molar refractivity (Wildman–Crippen MR) is 104 cm³/mol. The van der Waals surface area contributed by atoms with Crippen molar-refractivity contribution in [3.63, 3.8) is 0 Å². The quantitative estimate of drug-likeness (QED) is 0.713. The van der Waals surface area contributed by atoms with Crippen molar-refractivity contribution in [1.82, 2.24) is 14.8 Å². The first kappa shape index (κ1) is 17.6. The molecule has 4 nitrogen and oxygen atoms in total. The number of benzene rings is 2. The summed E-state index contributed by atoms with van der Waals surface area (Å²) in [5, 5.41) is 2.08. The second kappa shape index (κ2) is 7.84. The molecule has 1 aliphatic rings. The lowest BCUT2D eigenvalue weighted by Crippen LogP contribution is -2.49. The number of amides is 1. The number of nitrogens with zero attached hydrogens (tertiary/aromatic N) is 3. The highest BCUT2D eigenvalue weighted by Crippen LogP contribution is 2.15. The average Bonchev–Trinajstić information content (AvgIpc) is 2.73. The van der Waals surface area contributed by atoms with Crippen LogP contribution in [0.3, 0.4) is 0 Å². The van der Waals surface area contributed by atoms with E-state index in [1.165, 1.54) is 12.1 Å². The van der Waals surface area contributed by atoms with E-state index in [1.807, 2.05) is 47.4 Å². The molecule has 0 saturated carbocycles. The molecular formula is C22H22FN3O. The Hall–Kier alpha value is -2.79. The maximum Gasteiger partial charge on any atom is 0.272 e. The Labute approximate surface area is 158 Å². The zero-order chi connectivity index (χ0) is 18.6. The third-order valence-corrected chi connectivity index (χ3v) is 5.14. The van der Waals surface area contributed by atoms with Crippen LogP contribution in [0.25, 0.3) is 10.8 Å². The van der Waals surface area contributed by atoms with Crippen LogP contribution in [-0.2, 0) is 6.42 Å². The zero-order valence-corrected chi connectivity index (χ0v) is 15.1. The summed E-state index contributed by atoms with van der Waals surface area (Å²) in [4.78, 5) is 21.3. The maximum atomic E-state index is 13.0. The van der Waals surface area contributed by atoms with Gasteiger partial charge >= 0.3 is 0 Å². The van der Waals surface area contributed by atoms with E-state index in [9.17, 15) is 9.18 Å². The average molecular weight is 363 g/mol. The SMILES string of the molecule is O=C(c1cc2ccccc2cn1)N1CCN(CCc2ccc(F)cc2)CC1. The molecule has 2 heterocycles. The molecule has 0 radical (unpaired) electrons. The summed E-state index contributed by atoms with van der Waals surface area (Å²) in [6.07, 6.45) is 2.65. The van der Waals surface area contributed by atoms with Crippen molar-refractivity contribution >= 4 is 16.7 Å². The second-order valence-corrected chi connectivity index (χ2v) is 6.93. The van der Waals surface area contributed by atoms with Gasteiger partial charge in [-0.3, -0.25) is 14.7 Å². The lowest BCUT2D eigenvalue weighted by molar-refractivity contribution is 0.0633. The van der Waals surface area contributed by atoms with Crippen LogP contribution in [-0.4, -0.2) is 53.4 Å². The minimum absolute atomic E-state index is 0.000984. The Morgan fingerprint density at radius 1 is 0.963 bits per heavy atom. The van der Waals surface area contributed by atoms with Gasteiger partial charge in [-0.2, -0.15) is 0 Å². The maximum absolute atomic E-state index is 13.0. The number of halogens is 1. The number of fused-ring (bicyclic) bond motifs is 1. The summed E-state index contributed by atoms with van der Waals surface area (Å²) in [6, 6.07) is 16.5. The number of carbonyl (C=O) groups is 1. The smallest absolute Gasteiger partial charge is 0.272 e. The molecule has 1 aromatic heterocycles. The normalized spacial score (nSPS) is 15.2. The van der Waals surface area contributed by atoms with Crippen LogP contribution < -0.4 is 0 Å². The van der Waals surface area contributed by atoms with Crippen LogP contribution >= 0.6 is 0 Å². The van der Waals surface area contributed by atoms with Crippen LogP contribution in [0.15, 0.2) is 60.8 Å². The van der Waals surface area contributed by atoms with Gasteiger partial charge in [0.1, 0.15) is 11.5 Å². The van der Waals surface area contributed by atoms with Gasteiger partial charge in [0, 0.05) is 44.3 Å². The molecule has 1 fully saturated rings. The molecule has 1 aliphatic heterocycles. The third-order valence-electron chi connectivity index (χ3n) is 5.14. The molecule has 27 heavy (non-hydrogen) atoms. The van der Waals surface area contributed by atoms with Crippen LogP contribution in [0.4, 0.5) is 4.39 Å². The van der Waals surface area contributed by atoms with E-state index in [0.717, 1.165) is 42.4 Å². The number of hydrogen-bond donors (Lipinski definition) is 0. The first-order valence-corrected chi connectivity index (χ1v) is 9.30. The van der Waals surface area contributed by atoms with Gasteiger partial charge < -0.3 is 4.90 Å². The minimum atomic E-state index is -0.201. The minimum Gasteiger partial charge on any atom is -0.335 e. The fourth-order valence-corrected chi connectivity index (χ4v) is 3.48. The van der Waals surface area contributed by atoms with Gasteiger partial charge in [-0.1, -0.05) is 36.4 Å². The fraction of sp³-hybridized carbons (Fsp3) is 0.273. The van der Waals surface area contributed by atoms with E-state index in [-0.39, 0.29) is 11.7 Å². The van der Waals surface area contributed by atoms with Crippen LogP contribution in [0.2, 0.25) is 0 Å². The fourth-order valence-electron chi connectivity index (χ4n) is 3.48. The number of hydrogen-bond acceptors (Lipinski definition) is 3. The third kappa shape index (κ3) is 4.14. The molecule has 1 saturated heterocycles. The molecule has 0 N–H and O–H groups in total. The molecule has 2 aromatic carbocycles. The summed E-state index contributed by atoms with van der Waals surface area (Å²) in [5.41, 5.74) is 1.64. The second-order valence-electron chi connectivity index (χ2n) is 6.93. The molecule has 0 unspecified atom stereocenters. The largest absolute Gasteiger partial charge is 0.335 e. The lowest BCUT2D eigenvalue weighted by Gasteiger charge is -2.34. The molecule has 1 amide bonds. The van der Waals surface area contributed by atoms with Gasteiger partial charge in [0.2, 0.25) is 0 Å². The molecule has 0 atom stereocenters. The Bertz CT molecular complexity index is 934. The number of piperazine rings is 1. The van der Waals surface area contributed by atoms with E-state index in [2.05, 4.69) is 9.88 Å². The summed E-state index contributed by atoms with van der Waals surface area (Å²) in [6.45, 7) is 4.02. The molecule has 3 aromatic rings. The summed E-state index contributed by atoms with van der Waals surface area (Å²) >= 11 is 0. The van der Waals surface area contributed by atoms with Crippen molar-refractivity contribution in [2.45, 2.75) is 6.42 Å². The molecule has 0 bridgehead atoms. The Balaban J connectivity index is 1.32. The summed E-state index contributed by atoms with van der Waals surface area (Å²) in [5.74, 6) is -0.202. The summed E-state index contributed by atoms with van der Waals surface area (Å²) < 4.78 is 13.0. The van der Waals surface area contributed by atoms with Gasteiger partial charge in [0.05, 0.1) is 0 Å². The Morgan fingerprint density at radius 3 is 2.41 bits per heavy atom. The molecular weight excluding hydrogens is 341 g/mol. The van der Waals surface area contributed by atoms with E-state index < -0.39 is 0 Å². The number of rotatable bonds is 4. The lowest BCUT2D eigenvalue weighted by atomic mass is 10.1. The molecule has 4 rings (SSSR count). The highest BCUT2D eigenvalue weighted by Gasteiger charge is 2.22. The van der Waals surface area contributed by atoms with Gasteiger partial charge in [0.25, 0.3) is 5.91 Å². The topological polar surface area (TPSA) is 36.4 Å². The molecule has 0 aliphatic carbocycles. The number of carbonyl (C=O) groups excluding carboxylic acids is 1. The molecule has 0 spiro atoms. The van der Waals surface area contributed by atoms with Crippen molar-refractivity contribution in [2.75, 3.05) is 32.7 Å². The van der Waals surface area contributed by atoms with E-state index in [1.54, 1.807) is 6.20 Å². The standard InChI is InChI=1S/C22H22FN3O/c23-20-7-5-17(6-8-20)9-10-25-11-13-26(14-12-25)22(27)21-15-18-3-1-2-4-19(18)16-24-21/h1-8,15-16H,9-14H2. The van der Waals surface area contributed by atoms with Crippen molar-refractivity contribution in [3.8, 4) is 0 Å². The van der Waals surface area contributed by atoms with Gasteiger partial charge in [-0.05, 0) is 35.6 Å².